The van der Waals surface area contributed by atoms with E-state index in [1.165, 1.54) is 0 Å². The summed E-state index contributed by atoms with van der Waals surface area (Å²) >= 11 is 0. The van der Waals surface area contributed by atoms with Crippen molar-refractivity contribution in [1.29, 1.82) is 5.26 Å². The van der Waals surface area contributed by atoms with Crippen LogP contribution in [0.15, 0.2) is 30.3 Å². The molecule has 0 amide bonds. The van der Waals surface area contributed by atoms with E-state index in [2.05, 4.69) is 6.07 Å². The summed E-state index contributed by atoms with van der Waals surface area (Å²) in [5.41, 5.74) is 1.02. The fraction of sp³-hybridized carbons (Fsp3) is 0.444. The third-order valence-electron chi connectivity index (χ3n) is 4.84. The van der Waals surface area contributed by atoms with Gasteiger partial charge in [0.05, 0.1) is 11.6 Å². The van der Waals surface area contributed by atoms with E-state index in [0.29, 0.717) is 12.0 Å². The molecule has 4 nitrogen and oxygen atoms in total. The number of nitriles is 1. The van der Waals surface area contributed by atoms with Gasteiger partial charge in [0.15, 0.2) is 0 Å². The Kier molecular flexibility index (Phi) is 3.86. The summed E-state index contributed by atoms with van der Waals surface area (Å²) in [6.45, 7) is 3.86. The van der Waals surface area contributed by atoms with Gasteiger partial charge in [0.2, 0.25) is 0 Å². The van der Waals surface area contributed by atoms with Crippen molar-refractivity contribution in [1.82, 2.24) is 0 Å². The second-order valence-corrected chi connectivity index (χ2v) is 6.36. The minimum Gasteiger partial charge on any atom is -0.299 e. The first-order chi connectivity index (χ1) is 10.5. The maximum Gasteiger partial charge on any atom is 0.138 e. The topological polar surface area (TPSA) is 59.3 Å². The molecule has 114 valence electrons. The molecule has 3 rings (SSSR count). The van der Waals surface area contributed by atoms with Crippen molar-refractivity contribution in [3.05, 3.63) is 41.5 Å². The number of fused-ring (bicyclic) bond motifs is 2. The third kappa shape index (κ3) is 2.70. The first-order valence-electron chi connectivity index (χ1n) is 7.58. The highest BCUT2D eigenvalue weighted by Crippen LogP contribution is 2.42. The Labute approximate surface area is 130 Å². The zero-order valence-corrected chi connectivity index (χ0v) is 12.8. The van der Waals surface area contributed by atoms with Gasteiger partial charge in [-0.05, 0) is 37.1 Å². The average Bonchev–Trinajstić information content (AvgIpc) is 2.54. The van der Waals surface area contributed by atoms with Crippen molar-refractivity contribution >= 4 is 11.9 Å². The van der Waals surface area contributed by atoms with Crippen LogP contribution in [-0.4, -0.2) is 17.5 Å². The van der Waals surface area contributed by atoms with E-state index in [0.717, 1.165) is 12.0 Å². The zero-order valence-electron chi connectivity index (χ0n) is 12.8. The van der Waals surface area contributed by atoms with Crippen molar-refractivity contribution in [2.45, 2.75) is 38.4 Å². The molecule has 0 aromatic heterocycles. The summed E-state index contributed by atoms with van der Waals surface area (Å²) in [6, 6.07) is 9.43. The predicted molar refractivity (Wildman–Crippen MR) is 81.4 cm³/mol. The van der Waals surface area contributed by atoms with Crippen LogP contribution in [0.5, 0.6) is 0 Å². The number of hydrogen-bond acceptors (Lipinski definition) is 4. The molecule has 0 unspecified atom stereocenters. The van der Waals surface area contributed by atoms with Crippen molar-refractivity contribution in [3.63, 3.8) is 0 Å². The number of ketones is 1. The molecule has 0 N–H and O–H groups in total. The molecule has 22 heavy (non-hydrogen) atoms. The lowest BCUT2D eigenvalue weighted by molar-refractivity contribution is -0.415. The van der Waals surface area contributed by atoms with Crippen LogP contribution >= 0.6 is 0 Å². The monoisotopic (exact) mass is 297 g/mol. The molecule has 2 fully saturated rings. The third-order valence-corrected chi connectivity index (χ3v) is 4.84. The molecular weight excluding hydrogens is 278 g/mol. The van der Waals surface area contributed by atoms with Crippen LogP contribution in [-0.2, 0) is 14.6 Å². The molecular formula is C18H19NO3. The van der Waals surface area contributed by atoms with E-state index in [4.69, 9.17) is 15.0 Å². The van der Waals surface area contributed by atoms with E-state index in [1.807, 2.05) is 38.1 Å². The summed E-state index contributed by atoms with van der Waals surface area (Å²) in [5.74, 6) is 0.315. The Bertz CT molecular complexity index is 643. The lowest BCUT2D eigenvalue weighted by Gasteiger charge is -2.45. The van der Waals surface area contributed by atoms with Crippen LogP contribution in [0.3, 0.4) is 0 Å². The molecule has 1 aliphatic heterocycles. The zero-order chi connectivity index (χ0) is 15.7. The van der Waals surface area contributed by atoms with Crippen LogP contribution in [0.25, 0.3) is 6.08 Å². The van der Waals surface area contributed by atoms with Crippen molar-refractivity contribution in [3.8, 4) is 6.07 Å². The first-order valence-corrected chi connectivity index (χ1v) is 7.58. The number of nitrogens with zero attached hydrogens (tertiary/aromatic N) is 1. The molecule has 0 spiro atoms. The van der Waals surface area contributed by atoms with E-state index in [9.17, 15) is 4.79 Å². The molecule has 0 radical (unpaired) electrons. The summed E-state index contributed by atoms with van der Waals surface area (Å²) in [7, 11) is 0. The Morgan fingerprint density at radius 1 is 1.36 bits per heavy atom. The summed E-state index contributed by atoms with van der Waals surface area (Å²) in [6.07, 6.45) is 5.17. The Morgan fingerprint density at radius 2 is 2.09 bits per heavy atom. The minimum absolute atomic E-state index is 0.0803. The SMILES string of the molecule is C[C@@H]1C(=O)C[C@H]2C[C@@H]1OO[C@]2(C)C=Cc1ccc(C#N)cc1. The van der Waals surface area contributed by atoms with Gasteiger partial charge in [-0.2, -0.15) is 5.26 Å². The first kappa shape index (κ1) is 15.0. The molecule has 2 aliphatic rings. The number of carbonyl (C=O) groups is 1. The van der Waals surface area contributed by atoms with Gasteiger partial charge in [-0.25, -0.2) is 9.78 Å². The molecule has 1 aromatic rings. The highest BCUT2D eigenvalue weighted by atomic mass is 17.2. The summed E-state index contributed by atoms with van der Waals surface area (Å²) in [5, 5.41) is 8.81. The van der Waals surface area contributed by atoms with Crippen molar-refractivity contribution in [2.75, 3.05) is 0 Å². The van der Waals surface area contributed by atoms with E-state index < -0.39 is 5.60 Å². The Balaban J connectivity index is 1.77. The number of carbonyl (C=O) groups excluding carboxylic acids is 1. The molecule has 2 bridgehead atoms. The predicted octanol–water partition coefficient (Wildman–Crippen LogP) is 3.28. The van der Waals surface area contributed by atoms with Gasteiger partial charge >= 0.3 is 0 Å². The summed E-state index contributed by atoms with van der Waals surface area (Å²) in [4.78, 5) is 23.1. The van der Waals surface area contributed by atoms with Crippen LogP contribution < -0.4 is 0 Å². The van der Waals surface area contributed by atoms with Gasteiger partial charge in [0.1, 0.15) is 17.5 Å². The van der Waals surface area contributed by atoms with Gasteiger partial charge in [0.25, 0.3) is 0 Å². The summed E-state index contributed by atoms with van der Waals surface area (Å²) < 4.78 is 0. The number of rotatable bonds is 2. The molecule has 1 aliphatic carbocycles. The van der Waals surface area contributed by atoms with E-state index >= 15 is 0 Å². The van der Waals surface area contributed by atoms with Gasteiger partial charge in [-0.3, -0.25) is 4.79 Å². The largest absolute Gasteiger partial charge is 0.299 e. The number of benzene rings is 1. The number of hydrogen-bond donors (Lipinski definition) is 0. The lowest BCUT2D eigenvalue weighted by Crippen LogP contribution is -2.51. The fourth-order valence-corrected chi connectivity index (χ4v) is 3.09. The van der Waals surface area contributed by atoms with Gasteiger partial charge < -0.3 is 0 Å². The van der Waals surface area contributed by atoms with Crippen LogP contribution in [0, 0.1) is 23.2 Å². The van der Waals surface area contributed by atoms with Crippen LogP contribution in [0.1, 0.15) is 37.8 Å². The molecule has 1 saturated heterocycles. The van der Waals surface area contributed by atoms with Gasteiger partial charge in [-0.1, -0.05) is 25.1 Å². The average molecular weight is 297 g/mol. The molecule has 1 saturated carbocycles. The smallest absolute Gasteiger partial charge is 0.138 e. The van der Waals surface area contributed by atoms with Gasteiger partial charge in [-0.15, -0.1) is 0 Å². The Hall–Kier alpha value is -1.96. The molecule has 1 aromatic carbocycles. The maximum atomic E-state index is 12.0. The maximum absolute atomic E-state index is 12.0. The number of Topliss-reactive ketones (excluding diaryl/α,β-unsaturated/α-hetero) is 1. The molecule has 4 heteroatoms. The minimum atomic E-state index is -0.597. The van der Waals surface area contributed by atoms with E-state index in [1.54, 1.807) is 12.1 Å². The van der Waals surface area contributed by atoms with Crippen molar-refractivity contribution in [2.24, 2.45) is 11.8 Å². The van der Waals surface area contributed by atoms with Crippen LogP contribution in [0.4, 0.5) is 0 Å². The second kappa shape index (κ2) is 5.68. The lowest BCUT2D eigenvalue weighted by atomic mass is 9.71. The fourth-order valence-electron chi connectivity index (χ4n) is 3.09. The Morgan fingerprint density at radius 3 is 2.77 bits per heavy atom. The second-order valence-electron chi connectivity index (χ2n) is 6.36. The standard InChI is InChI=1S/C18H19NO3/c1-12-16(20)9-15-10-17(12)21-22-18(15,2)8-7-13-3-5-14(11-19)6-4-13/h3-8,12,15,17H,9-10H2,1-2H3/t12-,15+,17+,18-/m1/s1. The highest BCUT2D eigenvalue weighted by Gasteiger charge is 2.48. The molecule has 4 atom stereocenters. The van der Waals surface area contributed by atoms with E-state index in [-0.39, 0.29) is 23.7 Å². The van der Waals surface area contributed by atoms with Crippen LogP contribution in [0.2, 0.25) is 0 Å². The normalized spacial score (nSPS) is 34.6. The molecule has 1 heterocycles. The quantitative estimate of drug-likeness (QED) is 0.786. The van der Waals surface area contributed by atoms with Gasteiger partial charge in [0, 0.05) is 18.3 Å². The highest BCUT2D eigenvalue weighted by molar-refractivity contribution is 5.82. The van der Waals surface area contributed by atoms with Crippen molar-refractivity contribution < 1.29 is 14.6 Å².